The van der Waals surface area contributed by atoms with E-state index in [0.29, 0.717) is 17.0 Å². The van der Waals surface area contributed by atoms with Crippen molar-refractivity contribution in [2.24, 2.45) is 0 Å². The van der Waals surface area contributed by atoms with Gasteiger partial charge in [-0.3, -0.25) is 0 Å². The number of benzene rings is 1. The lowest BCUT2D eigenvalue weighted by molar-refractivity contribution is -0.138. The number of nitrogens with two attached hydrogens (primary N) is 1. The van der Waals surface area contributed by atoms with E-state index in [1.807, 2.05) is 41.1 Å². The van der Waals surface area contributed by atoms with Crippen molar-refractivity contribution in [1.82, 2.24) is 19.9 Å². The number of hydrogen-bond acceptors (Lipinski definition) is 8. The van der Waals surface area contributed by atoms with Crippen molar-refractivity contribution in [2.75, 3.05) is 19.5 Å². The molecule has 3 N–H and O–H groups in total. The summed E-state index contributed by atoms with van der Waals surface area (Å²) in [4.78, 5) is 34.2. The number of nitrogen functional groups attached to an aromatic ring is 1. The van der Waals surface area contributed by atoms with Gasteiger partial charge in [0.05, 0.1) is 30.5 Å². The lowest BCUT2D eigenvalue weighted by atomic mass is 9.80. The van der Waals surface area contributed by atoms with Gasteiger partial charge >= 0.3 is 11.9 Å². The van der Waals surface area contributed by atoms with E-state index >= 15 is 0 Å². The summed E-state index contributed by atoms with van der Waals surface area (Å²) in [5.41, 5.74) is 10.5. The zero-order chi connectivity index (χ0) is 26.4. The fraction of sp³-hybridized carbons (Fsp3) is 0.214. The lowest BCUT2D eigenvalue weighted by Crippen LogP contribution is -2.32. The van der Waals surface area contributed by atoms with Crippen LogP contribution in [0.2, 0.25) is 0 Å². The zero-order valence-electron chi connectivity index (χ0n) is 21.0. The number of anilines is 1. The molecule has 9 nitrogen and oxygen atoms in total. The Morgan fingerprint density at radius 1 is 1.08 bits per heavy atom. The number of imidazole rings is 1. The average Bonchev–Trinajstić information content (AvgIpc) is 3.40. The van der Waals surface area contributed by atoms with Crippen LogP contribution < -0.4 is 11.1 Å². The Morgan fingerprint density at radius 3 is 2.46 bits per heavy atom. The molecule has 1 atom stereocenters. The molecule has 3 heterocycles. The molecule has 3 aromatic rings. The monoisotopic (exact) mass is 499 g/mol. The summed E-state index contributed by atoms with van der Waals surface area (Å²) in [6, 6.07) is 11.5. The first-order valence-electron chi connectivity index (χ1n) is 11.7. The van der Waals surface area contributed by atoms with E-state index in [1.165, 1.54) is 7.11 Å². The van der Waals surface area contributed by atoms with Gasteiger partial charge in [-0.15, -0.1) is 0 Å². The summed E-state index contributed by atoms with van der Waals surface area (Å²) in [6.45, 7) is 4.31. The van der Waals surface area contributed by atoms with Crippen molar-refractivity contribution < 1.29 is 19.1 Å². The van der Waals surface area contributed by atoms with Crippen LogP contribution in [0.4, 0.5) is 5.82 Å². The van der Waals surface area contributed by atoms with Crippen LogP contribution in [0.25, 0.3) is 6.08 Å². The second-order valence-corrected chi connectivity index (χ2v) is 8.58. The van der Waals surface area contributed by atoms with Crippen LogP contribution in [0.1, 0.15) is 36.5 Å². The Hall–Kier alpha value is -4.66. The minimum absolute atomic E-state index is 0.0535. The molecule has 0 saturated carbocycles. The maximum atomic E-state index is 13.3. The van der Waals surface area contributed by atoms with Gasteiger partial charge in [0.1, 0.15) is 12.4 Å². The number of aromatic nitrogens is 3. The molecule has 1 aromatic carbocycles. The van der Waals surface area contributed by atoms with Gasteiger partial charge in [-0.2, -0.15) is 0 Å². The molecule has 2 aromatic heterocycles. The number of dihydropyridines is 1. The maximum absolute atomic E-state index is 13.3. The van der Waals surface area contributed by atoms with E-state index in [1.54, 1.807) is 50.8 Å². The first-order valence-corrected chi connectivity index (χ1v) is 11.7. The van der Waals surface area contributed by atoms with Crippen LogP contribution in [0.3, 0.4) is 0 Å². The van der Waals surface area contributed by atoms with E-state index in [0.717, 1.165) is 17.7 Å². The molecule has 1 aliphatic heterocycles. The summed E-state index contributed by atoms with van der Waals surface area (Å²) in [5, 5.41) is 3.10. The van der Waals surface area contributed by atoms with Gasteiger partial charge in [0.2, 0.25) is 0 Å². The van der Waals surface area contributed by atoms with Crippen LogP contribution >= 0.6 is 0 Å². The van der Waals surface area contributed by atoms with Crippen molar-refractivity contribution >= 4 is 23.8 Å². The third-order valence-electron chi connectivity index (χ3n) is 6.09. The number of esters is 2. The Labute approximate surface area is 215 Å². The number of ether oxygens (including phenoxy) is 2. The number of hydrogen-bond donors (Lipinski definition) is 2. The normalized spacial score (nSPS) is 15.6. The highest BCUT2D eigenvalue weighted by molar-refractivity contribution is 6.00. The van der Waals surface area contributed by atoms with Crippen LogP contribution in [0.15, 0.2) is 89.9 Å². The highest BCUT2D eigenvalue weighted by Gasteiger charge is 2.38. The standard InChI is InChI=1S/C28H29N5O4/c1-18-23(27(34)36-3)25(22-7-4-12-31-26(22)29)24(19(2)32-18)28(35)37-15-5-6-20-8-10-21(11-9-20)16-33-14-13-30-17-33/h4-14,17,25,32H,15-16H2,1-3H3,(H2,29,31). The number of pyridine rings is 1. The summed E-state index contributed by atoms with van der Waals surface area (Å²) in [6.07, 6.45) is 10.7. The number of nitrogens with one attached hydrogen (secondary N) is 1. The fourth-order valence-electron chi connectivity index (χ4n) is 4.34. The first-order chi connectivity index (χ1) is 17.9. The van der Waals surface area contributed by atoms with E-state index in [4.69, 9.17) is 15.2 Å². The molecule has 190 valence electrons. The van der Waals surface area contributed by atoms with Crippen LogP contribution in [0, 0.1) is 0 Å². The Bertz CT molecular complexity index is 1370. The van der Waals surface area contributed by atoms with Crippen molar-refractivity contribution in [3.63, 3.8) is 0 Å². The Balaban J connectivity index is 1.48. The molecule has 1 aliphatic rings. The van der Waals surface area contributed by atoms with Gasteiger partial charge in [0.15, 0.2) is 0 Å². The third-order valence-corrected chi connectivity index (χ3v) is 6.09. The largest absolute Gasteiger partial charge is 0.466 e. The number of rotatable bonds is 8. The highest BCUT2D eigenvalue weighted by Crippen LogP contribution is 2.40. The number of carbonyl (C=O) groups is 2. The van der Waals surface area contributed by atoms with Crippen LogP contribution in [-0.4, -0.2) is 40.2 Å². The van der Waals surface area contributed by atoms with Gasteiger partial charge < -0.3 is 25.1 Å². The van der Waals surface area contributed by atoms with Crippen LogP contribution in [0.5, 0.6) is 0 Å². The summed E-state index contributed by atoms with van der Waals surface area (Å²) in [7, 11) is 1.30. The third kappa shape index (κ3) is 5.78. The Kier molecular flexibility index (Phi) is 7.83. The summed E-state index contributed by atoms with van der Waals surface area (Å²) < 4.78 is 12.6. The van der Waals surface area contributed by atoms with E-state index in [2.05, 4.69) is 15.3 Å². The molecule has 37 heavy (non-hydrogen) atoms. The fourth-order valence-corrected chi connectivity index (χ4v) is 4.34. The van der Waals surface area contributed by atoms with Gasteiger partial charge in [-0.05, 0) is 37.1 Å². The molecule has 0 saturated heterocycles. The highest BCUT2D eigenvalue weighted by atomic mass is 16.5. The molecule has 0 amide bonds. The molecule has 0 fully saturated rings. The van der Waals surface area contributed by atoms with Crippen molar-refractivity contribution in [3.05, 3.63) is 107 Å². The smallest absolute Gasteiger partial charge is 0.337 e. The molecule has 0 bridgehead atoms. The number of nitrogens with zero attached hydrogens (tertiary/aromatic N) is 3. The lowest BCUT2D eigenvalue weighted by Gasteiger charge is -2.30. The topological polar surface area (TPSA) is 121 Å². The van der Waals surface area contributed by atoms with Gasteiger partial charge in [-0.25, -0.2) is 19.6 Å². The second-order valence-electron chi connectivity index (χ2n) is 8.58. The SMILES string of the molecule is COC(=O)C1=C(C)NC(C)=C(C(=O)OCC=Cc2ccc(Cn3ccnc3)cc2)C1c1cccnc1N. The zero-order valence-corrected chi connectivity index (χ0v) is 21.0. The maximum Gasteiger partial charge on any atom is 0.337 e. The second kappa shape index (κ2) is 11.4. The number of carbonyl (C=O) groups excluding carboxylic acids is 2. The molecule has 4 rings (SSSR count). The predicted octanol–water partition coefficient (Wildman–Crippen LogP) is 3.57. The predicted molar refractivity (Wildman–Crippen MR) is 140 cm³/mol. The first kappa shape index (κ1) is 25.4. The molecule has 0 aliphatic carbocycles. The van der Waals surface area contributed by atoms with Gasteiger partial charge in [0, 0.05) is 42.1 Å². The number of methoxy groups -OCH3 is 1. The molecule has 0 spiro atoms. The van der Waals surface area contributed by atoms with Gasteiger partial charge in [0.25, 0.3) is 0 Å². The molecular formula is C28H29N5O4. The van der Waals surface area contributed by atoms with Crippen molar-refractivity contribution in [1.29, 1.82) is 0 Å². The molecular weight excluding hydrogens is 470 g/mol. The quantitative estimate of drug-likeness (QED) is 0.451. The van der Waals surface area contributed by atoms with Crippen LogP contribution in [-0.2, 0) is 25.6 Å². The molecule has 9 heteroatoms. The average molecular weight is 500 g/mol. The molecule has 1 unspecified atom stereocenters. The van der Waals surface area contributed by atoms with Crippen molar-refractivity contribution in [2.45, 2.75) is 26.3 Å². The van der Waals surface area contributed by atoms with Crippen molar-refractivity contribution in [3.8, 4) is 0 Å². The Morgan fingerprint density at radius 2 is 1.81 bits per heavy atom. The number of allylic oxidation sites excluding steroid dienone is 2. The summed E-state index contributed by atoms with van der Waals surface area (Å²) in [5.74, 6) is -1.68. The minimum atomic E-state index is -0.776. The van der Waals surface area contributed by atoms with Gasteiger partial charge in [-0.1, -0.05) is 36.4 Å². The van der Waals surface area contributed by atoms with E-state index < -0.39 is 17.9 Å². The summed E-state index contributed by atoms with van der Waals surface area (Å²) >= 11 is 0. The minimum Gasteiger partial charge on any atom is -0.466 e. The molecule has 0 radical (unpaired) electrons. The van der Waals surface area contributed by atoms with E-state index in [-0.39, 0.29) is 23.6 Å². The van der Waals surface area contributed by atoms with E-state index in [9.17, 15) is 9.59 Å².